The first-order chi connectivity index (χ1) is 9.96. The molecule has 4 nitrogen and oxygen atoms in total. The molecule has 0 aromatic heterocycles. The molecule has 2 saturated heterocycles. The van der Waals surface area contributed by atoms with E-state index in [2.05, 4.69) is 12.1 Å². The molecule has 1 aromatic rings. The zero-order valence-corrected chi connectivity index (χ0v) is 13.1. The summed E-state index contributed by atoms with van der Waals surface area (Å²) in [4.78, 5) is 14.6. The first-order valence-corrected chi connectivity index (χ1v) is 9.36. The summed E-state index contributed by atoms with van der Waals surface area (Å²) in [7, 11) is -3.01. The average molecular weight is 307 g/mol. The first kappa shape index (κ1) is 14.6. The standard InChI is InChI=1S/C16H21NO3S/c1-12-4-2-5-13(10-12)15-6-3-8-17(15)16(18)14-7-9-21(19,20)11-14/h2,4-5,10,14-15H,3,6-9,11H2,1H3. The van der Waals surface area contributed by atoms with Gasteiger partial charge in [-0.3, -0.25) is 4.79 Å². The van der Waals surface area contributed by atoms with E-state index in [0.29, 0.717) is 6.42 Å². The molecule has 2 aliphatic rings. The van der Waals surface area contributed by atoms with Gasteiger partial charge in [0.15, 0.2) is 9.84 Å². The van der Waals surface area contributed by atoms with E-state index >= 15 is 0 Å². The van der Waals surface area contributed by atoms with Gasteiger partial charge in [0.05, 0.1) is 23.5 Å². The van der Waals surface area contributed by atoms with Crippen LogP contribution < -0.4 is 0 Å². The maximum atomic E-state index is 12.7. The summed E-state index contributed by atoms with van der Waals surface area (Å²) in [5.74, 6) is -0.115. The van der Waals surface area contributed by atoms with Gasteiger partial charge in [0, 0.05) is 6.54 Å². The van der Waals surface area contributed by atoms with Gasteiger partial charge in [-0.15, -0.1) is 0 Å². The lowest BCUT2D eigenvalue weighted by atomic mass is 10.0. The van der Waals surface area contributed by atoms with Gasteiger partial charge < -0.3 is 4.90 Å². The molecule has 2 atom stereocenters. The van der Waals surface area contributed by atoms with E-state index in [1.54, 1.807) is 0 Å². The SMILES string of the molecule is Cc1cccc(C2CCCN2C(=O)C2CCS(=O)(=O)C2)c1. The molecule has 2 fully saturated rings. The summed E-state index contributed by atoms with van der Waals surface area (Å²) in [5.41, 5.74) is 2.36. The number of hydrogen-bond acceptors (Lipinski definition) is 3. The molecule has 2 heterocycles. The predicted molar refractivity (Wildman–Crippen MR) is 81.6 cm³/mol. The normalized spacial score (nSPS) is 28.0. The average Bonchev–Trinajstić information content (AvgIpc) is 3.04. The Kier molecular flexibility index (Phi) is 3.78. The maximum Gasteiger partial charge on any atom is 0.227 e. The third-order valence-corrected chi connectivity index (χ3v) is 6.31. The molecule has 114 valence electrons. The number of likely N-dealkylation sites (tertiary alicyclic amines) is 1. The summed E-state index contributed by atoms with van der Waals surface area (Å²) in [6, 6.07) is 8.37. The van der Waals surface area contributed by atoms with E-state index < -0.39 is 9.84 Å². The second kappa shape index (κ2) is 5.44. The van der Waals surface area contributed by atoms with Gasteiger partial charge in [-0.25, -0.2) is 8.42 Å². The number of benzene rings is 1. The van der Waals surface area contributed by atoms with Crippen molar-refractivity contribution in [3.8, 4) is 0 Å². The van der Waals surface area contributed by atoms with E-state index in [4.69, 9.17) is 0 Å². The third kappa shape index (κ3) is 2.98. The number of sulfone groups is 1. The Labute approximate surface area is 126 Å². The quantitative estimate of drug-likeness (QED) is 0.840. The molecular formula is C16H21NO3S. The van der Waals surface area contributed by atoms with Gasteiger partial charge >= 0.3 is 0 Å². The van der Waals surface area contributed by atoms with Gasteiger partial charge in [0.1, 0.15) is 0 Å². The highest BCUT2D eigenvalue weighted by atomic mass is 32.2. The second-order valence-electron chi connectivity index (χ2n) is 6.20. The molecule has 1 amide bonds. The second-order valence-corrected chi connectivity index (χ2v) is 8.43. The Morgan fingerprint density at radius 3 is 2.76 bits per heavy atom. The lowest BCUT2D eigenvalue weighted by Crippen LogP contribution is -2.36. The summed E-state index contributed by atoms with van der Waals surface area (Å²) >= 11 is 0. The Hall–Kier alpha value is -1.36. The molecular weight excluding hydrogens is 286 g/mol. The highest BCUT2D eigenvalue weighted by Gasteiger charge is 2.39. The fraction of sp³-hybridized carbons (Fsp3) is 0.562. The zero-order valence-electron chi connectivity index (χ0n) is 12.3. The van der Waals surface area contributed by atoms with E-state index in [1.165, 1.54) is 11.1 Å². The molecule has 2 unspecified atom stereocenters. The predicted octanol–water partition coefficient (Wildman–Crippen LogP) is 2.09. The van der Waals surface area contributed by atoms with Gasteiger partial charge in [-0.1, -0.05) is 29.8 Å². The molecule has 1 aromatic carbocycles. The molecule has 21 heavy (non-hydrogen) atoms. The smallest absolute Gasteiger partial charge is 0.227 e. The van der Waals surface area contributed by atoms with Crippen molar-refractivity contribution in [1.29, 1.82) is 0 Å². The summed E-state index contributed by atoms with van der Waals surface area (Å²) < 4.78 is 23.2. The van der Waals surface area contributed by atoms with Crippen molar-refractivity contribution in [2.24, 2.45) is 5.92 Å². The van der Waals surface area contributed by atoms with Crippen molar-refractivity contribution in [3.63, 3.8) is 0 Å². The fourth-order valence-corrected chi connectivity index (χ4v) is 5.21. The zero-order chi connectivity index (χ0) is 15.0. The molecule has 0 saturated carbocycles. The highest BCUT2D eigenvalue weighted by Crippen LogP contribution is 2.35. The molecule has 5 heteroatoms. The van der Waals surface area contributed by atoms with Crippen LogP contribution >= 0.6 is 0 Å². The number of carbonyl (C=O) groups is 1. The fourth-order valence-electron chi connectivity index (χ4n) is 3.48. The van der Waals surface area contributed by atoms with Crippen LogP contribution in [0.1, 0.15) is 36.4 Å². The van der Waals surface area contributed by atoms with E-state index in [1.807, 2.05) is 24.0 Å². The van der Waals surface area contributed by atoms with Crippen LogP contribution in [0.5, 0.6) is 0 Å². The molecule has 0 spiro atoms. The van der Waals surface area contributed by atoms with Crippen molar-refractivity contribution in [1.82, 2.24) is 4.90 Å². The molecule has 0 bridgehead atoms. The Bertz CT molecular complexity index is 653. The van der Waals surface area contributed by atoms with Crippen LogP contribution in [-0.2, 0) is 14.6 Å². The van der Waals surface area contributed by atoms with Crippen LogP contribution in [0.15, 0.2) is 24.3 Å². The van der Waals surface area contributed by atoms with E-state index in [0.717, 1.165) is 19.4 Å². The third-order valence-electron chi connectivity index (χ3n) is 4.54. The van der Waals surface area contributed by atoms with Crippen LogP contribution in [0, 0.1) is 12.8 Å². The van der Waals surface area contributed by atoms with Gasteiger partial charge in [0.25, 0.3) is 0 Å². The number of hydrogen-bond donors (Lipinski definition) is 0. The summed E-state index contributed by atoms with van der Waals surface area (Å²) in [5, 5.41) is 0. The largest absolute Gasteiger partial charge is 0.335 e. The number of amides is 1. The molecule has 2 aliphatic heterocycles. The number of aryl methyl sites for hydroxylation is 1. The van der Waals surface area contributed by atoms with Gasteiger partial charge in [-0.05, 0) is 31.7 Å². The van der Waals surface area contributed by atoms with Crippen molar-refractivity contribution < 1.29 is 13.2 Å². The van der Waals surface area contributed by atoms with Gasteiger partial charge in [0.2, 0.25) is 5.91 Å². The minimum Gasteiger partial charge on any atom is -0.335 e. The maximum absolute atomic E-state index is 12.7. The van der Waals surface area contributed by atoms with Crippen molar-refractivity contribution in [2.45, 2.75) is 32.2 Å². The van der Waals surface area contributed by atoms with Crippen molar-refractivity contribution >= 4 is 15.7 Å². The van der Waals surface area contributed by atoms with Crippen LogP contribution in [0.25, 0.3) is 0 Å². The van der Waals surface area contributed by atoms with Crippen LogP contribution in [0.4, 0.5) is 0 Å². The monoisotopic (exact) mass is 307 g/mol. The Morgan fingerprint density at radius 2 is 2.10 bits per heavy atom. The molecule has 3 rings (SSSR count). The van der Waals surface area contributed by atoms with Gasteiger partial charge in [-0.2, -0.15) is 0 Å². The van der Waals surface area contributed by atoms with E-state index in [9.17, 15) is 13.2 Å². The minimum absolute atomic E-state index is 0.0279. The Morgan fingerprint density at radius 1 is 1.29 bits per heavy atom. The summed E-state index contributed by atoms with van der Waals surface area (Å²) in [6.07, 6.45) is 2.44. The summed E-state index contributed by atoms with van der Waals surface area (Å²) in [6.45, 7) is 2.79. The van der Waals surface area contributed by atoms with Crippen molar-refractivity contribution in [2.75, 3.05) is 18.1 Å². The molecule has 0 radical (unpaired) electrons. The Balaban J connectivity index is 1.80. The van der Waals surface area contributed by atoms with Crippen LogP contribution in [-0.4, -0.2) is 37.3 Å². The van der Waals surface area contributed by atoms with E-state index in [-0.39, 0.29) is 29.4 Å². The number of nitrogens with zero attached hydrogens (tertiary/aromatic N) is 1. The lowest BCUT2D eigenvalue weighted by Gasteiger charge is -2.27. The lowest BCUT2D eigenvalue weighted by molar-refractivity contribution is -0.135. The molecule has 0 N–H and O–H groups in total. The van der Waals surface area contributed by atoms with Crippen LogP contribution in [0.3, 0.4) is 0 Å². The molecule has 0 aliphatic carbocycles. The minimum atomic E-state index is -3.01. The number of rotatable bonds is 2. The van der Waals surface area contributed by atoms with Crippen molar-refractivity contribution in [3.05, 3.63) is 35.4 Å². The topological polar surface area (TPSA) is 54.5 Å². The first-order valence-electron chi connectivity index (χ1n) is 7.54. The number of carbonyl (C=O) groups excluding carboxylic acids is 1. The van der Waals surface area contributed by atoms with Crippen LogP contribution in [0.2, 0.25) is 0 Å². The highest BCUT2D eigenvalue weighted by molar-refractivity contribution is 7.91.